The Kier molecular flexibility index (Phi) is 9.28. The van der Waals surface area contributed by atoms with Crippen LogP contribution in [0, 0.1) is 0 Å². The van der Waals surface area contributed by atoms with E-state index in [1.54, 1.807) is 0 Å². The van der Waals surface area contributed by atoms with Gasteiger partial charge in [0.25, 0.3) is 0 Å². The third-order valence-corrected chi connectivity index (χ3v) is 3.23. The van der Waals surface area contributed by atoms with E-state index < -0.39 is 5.60 Å². The van der Waals surface area contributed by atoms with Crippen molar-refractivity contribution >= 4 is 17.9 Å². The van der Waals surface area contributed by atoms with Gasteiger partial charge in [-0.05, 0) is 46.4 Å². The van der Waals surface area contributed by atoms with Crippen LogP contribution in [-0.4, -0.2) is 42.3 Å². The van der Waals surface area contributed by atoms with E-state index >= 15 is 0 Å². The molecule has 0 spiro atoms. The maximum atomic E-state index is 11.3. The highest BCUT2D eigenvalue weighted by molar-refractivity contribution is 7.99. The molecule has 1 amide bonds. The van der Waals surface area contributed by atoms with Crippen molar-refractivity contribution in [1.82, 2.24) is 10.6 Å². The first-order valence-electron chi connectivity index (χ1n) is 6.63. The minimum atomic E-state index is -0.422. The molecule has 0 radical (unpaired) electrons. The van der Waals surface area contributed by atoms with Crippen LogP contribution in [0.2, 0.25) is 0 Å². The molecule has 0 saturated heterocycles. The topological polar surface area (TPSA) is 50.4 Å². The first kappa shape index (κ1) is 17.6. The van der Waals surface area contributed by atoms with Crippen LogP contribution in [-0.2, 0) is 4.74 Å². The van der Waals surface area contributed by atoms with E-state index in [1.807, 2.05) is 32.5 Å². The molecule has 4 nitrogen and oxygen atoms in total. The zero-order valence-corrected chi connectivity index (χ0v) is 13.2. The average molecular weight is 276 g/mol. The van der Waals surface area contributed by atoms with Gasteiger partial charge in [-0.3, -0.25) is 0 Å². The molecule has 0 aromatic heterocycles. The van der Waals surface area contributed by atoms with Gasteiger partial charge in [0, 0.05) is 18.3 Å². The van der Waals surface area contributed by atoms with Gasteiger partial charge in [0.1, 0.15) is 5.60 Å². The molecular weight excluding hydrogens is 248 g/mol. The summed E-state index contributed by atoms with van der Waals surface area (Å²) in [5.74, 6) is 2.29. The van der Waals surface area contributed by atoms with Crippen molar-refractivity contribution in [1.29, 1.82) is 0 Å². The Morgan fingerprint density at radius 1 is 1.33 bits per heavy atom. The largest absolute Gasteiger partial charge is 0.444 e. The first-order chi connectivity index (χ1) is 8.35. The summed E-state index contributed by atoms with van der Waals surface area (Å²) in [5, 5.41) is 6.18. The van der Waals surface area contributed by atoms with E-state index in [0.29, 0.717) is 12.6 Å². The van der Waals surface area contributed by atoms with Gasteiger partial charge >= 0.3 is 6.09 Å². The lowest BCUT2D eigenvalue weighted by Crippen LogP contribution is -2.35. The number of nitrogens with one attached hydrogen (secondary N) is 2. The van der Waals surface area contributed by atoms with Crippen molar-refractivity contribution in [2.45, 2.75) is 52.7 Å². The molecule has 0 bridgehead atoms. The smallest absolute Gasteiger partial charge is 0.407 e. The number of amides is 1. The SMILES string of the molecule is CCSCC(C)NCCCNC(=O)OC(C)(C)C. The molecule has 0 aliphatic heterocycles. The first-order valence-corrected chi connectivity index (χ1v) is 7.78. The summed E-state index contributed by atoms with van der Waals surface area (Å²) in [4.78, 5) is 11.3. The quantitative estimate of drug-likeness (QED) is 0.669. The molecule has 108 valence electrons. The lowest BCUT2D eigenvalue weighted by molar-refractivity contribution is 0.0527. The molecule has 0 aliphatic carbocycles. The molecule has 5 heteroatoms. The number of hydrogen-bond donors (Lipinski definition) is 2. The Morgan fingerprint density at radius 2 is 2.00 bits per heavy atom. The van der Waals surface area contributed by atoms with Crippen LogP contribution < -0.4 is 10.6 Å². The molecule has 0 aliphatic rings. The van der Waals surface area contributed by atoms with Crippen molar-refractivity contribution in [2.75, 3.05) is 24.6 Å². The molecule has 0 aromatic carbocycles. The Morgan fingerprint density at radius 3 is 2.56 bits per heavy atom. The Labute approximate surface area is 116 Å². The van der Waals surface area contributed by atoms with Gasteiger partial charge in [-0.25, -0.2) is 4.79 Å². The number of alkyl carbamates (subject to hydrolysis) is 1. The molecule has 18 heavy (non-hydrogen) atoms. The molecule has 2 N–H and O–H groups in total. The maximum Gasteiger partial charge on any atom is 0.407 e. The summed E-state index contributed by atoms with van der Waals surface area (Å²) in [7, 11) is 0. The molecule has 0 saturated carbocycles. The Bertz CT molecular complexity index is 230. The summed E-state index contributed by atoms with van der Waals surface area (Å²) < 4.78 is 5.14. The maximum absolute atomic E-state index is 11.3. The van der Waals surface area contributed by atoms with Gasteiger partial charge in [-0.2, -0.15) is 11.8 Å². The predicted octanol–water partition coefficient (Wildman–Crippen LogP) is 2.63. The summed E-state index contributed by atoms with van der Waals surface area (Å²) in [5.41, 5.74) is -0.422. The second kappa shape index (κ2) is 9.50. The summed E-state index contributed by atoms with van der Waals surface area (Å²) in [6, 6.07) is 0.525. The third-order valence-electron chi connectivity index (χ3n) is 2.09. The van der Waals surface area contributed by atoms with Crippen molar-refractivity contribution < 1.29 is 9.53 Å². The van der Waals surface area contributed by atoms with Gasteiger partial charge in [0.05, 0.1) is 0 Å². The minimum absolute atomic E-state index is 0.336. The van der Waals surface area contributed by atoms with Gasteiger partial charge in [-0.1, -0.05) is 6.92 Å². The monoisotopic (exact) mass is 276 g/mol. The van der Waals surface area contributed by atoms with Crippen LogP contribution in [0.25, 0.3) is 0 Å². The second-order valence-electron chi connectivity index (χ2n) is 5.30. The van der Waals surface area contributed by atoms with Gasteiger partial charge in [0.15, 0.2) is 0 Å². The second-order valence-corrected chi connectivity index (χ2v) is 6.62. The highest BCUT2D eigenvalue weighted by Crippen LogP contribution is 2.06. The van der Waals surface area contributed by atoms with Crippen LogP contribution in [0.1, 0.15) is 41.0 Å². The van der Waals surface area contributed by atoms with E-state index in [-0.39, 0.29) is 6.09 Å². The Balaban J connectivity index is 3.42. The van der Waals surface area contributed by atoms with E-state index in [0.717, 1.165) is 24.5 Å². The van der Waals surface area contributed by atoms with Crippen LogP contribution in [0.3, 0.4) is 0 Å². The zero-order chi connectivity index (χ0) is 14.0. The van der Waals surface area contributed by atoms with E-state index in [2.05, 4.69) is 24.5 Å². The van der Waals surface area contributed by atoms with Gasteiger partial charge < -0.3 is 15.4 Å². The number of rotatable bonds is 8. The summed E-state index contributed by atoms with van der Waals surface area (Å²) in [6.45, 7) is 11.5. The number of hydrogen-bond acceptors (Lipinski definition) is 4. The normalized spacial score (nSPS) is 13.2. The van der Waals surface area contributed by atoms with E-state index in [1.165, 1.54) is 0 Å². The highest BCUT2D eigenvalue weighted by atomic mass is 32.2. The molecular formula is C13H28N2O2S. The van der Waals surface area contributed by atoms with Crippen molar-refractivity contribution in [3.63, 3.8) is 0 Å². The summed E-state index contributed by atoms with van der Waals surface area (Å²) in [6.07, 6.45) is 0.581. The minimum Gasteiger partial charge on any atom is -0.444 e. The number of ether oxygens (including phenoxy) is 1. The lowest BCUT2D eigenvalue weighted by atomic mass is 10.2. The van der Waals surface area contributed by atoms with Crippen LogP contribution >= 0.6 is 11.8 Å². The third kappa shape index (κ3) is 12.0. The highest BCUT2D eigenvalue weighted by Gasteiger charge is 2.15. The fourth-order valence-electron chi connectivity index (χ4n) is 1.30. The molecule has 1 unspecified atom stereocenters. The molecule has 1 atom stereocenters. The fourth-order valence-corrected chi connectivity index (χ4v) is 2.00. The van der Waals surface area contributed by atoms with E-state index in [9.17, 15) is 4.79 Å². The van der Waals surface area contributed by atoms with Crippen molar-refractivity contribution in [3.8, 4) is 0 Å². The van der Waals surface area contributed by atoms with Crippen molar-refractivity contribution in [3.05, 3.63) is 0 Å². The average Bonchev–Trinajstić information content (AvgIpc) is 2.23. The van der Waals surface area contributed by atoms with Crippen LogP contribution in [0.4, 0.5) is 4.79 Å². The Hall–Kier alpha value is -0.420. The number of carbonyl (C=O) groups excluding carboxylic acids is 1. The fraction of sp³-hybridized carbons (Fsp3) is 0.923. The molecule has 0 fully saturated rings. The predicted molar refractivity (Wildman–Crippen MR) is 79.3 cm³/mol. The van der Waals surface area contributed by atoms with E-state index in [4.69, 9.17) is 4.74 Å². The van der Waals surface area contributed by atoms with Crippen LogP contribution in [0.5, 0.6) is 0 Å². The number of carbonyl (C=O) groups is 1. The van der Waals surface area contributed by atoms with Gasteiger partial charge in [0.2, 0.25) is 0 Å². The van der Waals surface area contributed by atoms with Crippen LogP contribution in [0.15, 0.2) is 0 Å². The molecule has 0 aromatic rings. The standard InChI is InChI=1S/C13H28N2O2S/c1-6-18-10-11(2)14-8-7-9-15-12(16)17-13(3,4)5/h11,14H,6-10H2,1-5H3,(H,15,16). The number of thioether (sulfide) groups is 1. The zero-order valence-electron chi connectivity index (χ0n) is 12.3. The molecule has 0 rings (SSSR count). The lowest BCUT2D eigenvalue weighted by Gasteiger charge is -2.19. The van der Waals surface area contributed by atoms with Crippen molar-refractivity contribution in [2.24, 2.45) is 0 Å². The molecule has 0 heterocycles. The summed E-state index contributed by atoms with van der Waals surface area (Å²) >= 11 is 1.94. The van der Waals surface area contributed by atoms with Gasteiger partial charge in [-0.15, -0.1) is 0 Å².